The zero-order valence-corrected chi connectivity index (χ0v) is 9.78. The molecule has 100 valence electrons. The van der Waals surface area contributed by atoms with Gasteiger partial charge in [0.2, 0.25) is 5.75 Å². The van der Waals surface area contributed by atoms with Crippen molar-refractivity contribution in [1.29, 1.82) is 0 Å². The summed E-state index contributed by atoms with van der Waals surface area (Å²) in [7, 11) is 1.32. The number of hydrogen-bond acceptors (Lipinski definition) is 6. The number of carboxylic acid groups (broad SMARTS) is 1. The molecule has 8 nitrogen and oxygen atoms in total. The Morgan fingerprint density at radius 3 is 2.53 bits per heavy atom. The van der Waals surface area contributed by atoms with Crippen molar-refractivity contribution in [1.82, 2.24) is 0 Å². The van der Waals surface area contributed by atoms with Gasteiger partial charge in [-0.15, -0.1) is 0 Å². The second-order valence-corrected chi connectivity index (χ2v) is 3.26. The standard InChI is InChI=1S/C11H9NO7/c1-6(10(13)14)11(15)19-9-4-3-7(18-2)5-8(9)12(16)17/h3-5H,1H2,2H3,(H,13,14). The first kappa shape index (κ1) is 14.2. The fourth-order valence-electron chi connectivity index (χ4n) is 1.10. The van der Waals surface area contributed by atoms with Crippen LogP contribution in [-0.4, -0.2) is 29.1 Å². The molecule has 0 unspecified atom stereocenters. The Bertz CT molecular complexity index is 564. The Labute approximate surface area is 107 Å². The number of ether oxygens (including phenoxy) is 2. The van der Waals surface area contributed by atoms with Crippen molar-refractivity contribution in [3.8, 4) is 11.5 Å². The molecule has 0 aliphatic heterocycles. The predicted octanol–water partition coefficient (Wildman–Crippen LogP) is 1.15. The molecule has 0 spiro atoms. The van der Waals surface area contributed by atoms with Crippen LogP contribution in [0.25, 0.3) is 0 Å². The van der Waals surface area contributed by atoms with Crippen LogP contribution in [0.5, 0.6) is 11.5 Å². The first-order valence-corrected chi connectivity index (χ1v) is 4.83. The van der Waals surface area contributed by atoms with E-state index in [9.17, 15) is 19.7 Å². The maximum absolute atomic E-state index is 11.3. The minimum atomic E-state index is -1.57. The van der Waals surface area contributed by atoms with Crippen molar-refractivity contribution in [2.45, 2.75) is 0 Å². The molecule has 0 heterocycles. The second kappa shape index (κ2) is 5.63. The van der Waals surface area contributed by atoms with Crippen LogP contribution < -0.4 is 9.47 Å². The molecule has 1 rings (SSSR count). The number of methoxy groups -OCH3 is 1. The van der Waals surface area contributed by atoms with Crippen molar-refractivity contribution >= 4 is 17.6 Å². The van der Waals surface area contributed by atoms with E-state index in [1.54, 1.807) is 0 Å². The van der Waals surface area contributed by atoms with Crippen LogP contribution in [-0.2, 0) is 9.59 Å². The zero-order valence-electron chi connectivity index (χ0n) is 9.78. The molecule has 0 saturated carbocycles. The van der Waals surface area contributed by atoms with Crippen LogP contribution in [0, 0.1) is 10.1 Å². The van der Waals surface area contributed by atoms with E-state index in [0.717, 1.165) is 12.1 Å². The number of esters is 1. The van der Waals surface area contributed by atoms with Crippen LogP contribution in [0.3, 0.4) is 0 Å². The Hall–Kier alpha value is -2.90. The summed E-state index contributed by atoms with van der Waals surface area (Å²) in [4.78, 5) is 31.8. The Morgan fingerprint density at radius 1 is 1.42 bits per heavy atom. The van der Waals surface area contributed by atoms with Gasteiger partial charge in [-0.25, -0.2) is 9.59 Å². The highest BCUT2D eigenvalue weighted by Gasteiger charge is 2.23. The summed E-state index contributed by atoms with van der Waals surface area (Å²) in [6, 6.07) is 3.51. The van der Waals surface area contributed by atoms with Gasteiger partial charge in [0, 0.05) is 0 Å². The van der Waals surface area contributed by atoms with E-state index < -0.39 is 33.9 Å². The third kappa shape index (κ3) is 3.28. The molecule has 0 aromatic heterocycles. The van der Waals surface area contributed by atoms with E-state index in [1.807, 2.05) is 0 Å². The van der Waals surface area contributed by atoms with E-state index in [2.05, 4.69) is 11.3 Å². The minimum Gasteiger partial charge on any atom is -0.496 e. The fraction of sp³-hybridized carbons (Fsp3) is 0.0909. The van der Waals surface area contributed by atoms with E-state index >= 15 is 0 Å². The lowest BCUT2D eigenvalue weighted by Gasteiger charge is -2.06. The number of aliphatic carboxylic acids is 1. The average Bonchev–Trinajstić information content (AvgIpc) is 2.37. The summed E-state index contributed by atoms with van der Waals surface area (Å²) in [6.45, 7) is 2.99. The van der Waals surface area contributed by atoms with Gasteiger partial charge in [0.25, 0.3) is 0 Å². The van der Waals surface area contributed by atoms with Gasteiger partial charge in [-0.2, -0.15) is 0 Å². The van der Waals surface area contributed by atoms with Crippen molar-refractivity contribution in [3.63, 3.8) is 0 Å². The number of carboxylic acids is 1. The van der Waals surface area contributed by atoms with Crippen molar-refractivity contribution < 1.29 is 29.1 Å². The summed E-state index contributed by atoms with van der Waals surface area (Å²) in [5, 5.41) is 19.3. The molecule has 0 radical (unpaired) electrons. The molecule has 0 saturated heterocycles. The van der Waals surface area contributed by atoms with Gasteiger partial charge in [0.1, 0.15) is 11.3 Å². The molecular weight excluding hydrogens is 258 g/mol. The lowest BCUT2D eigenvalue weighted by Crippen LogP contribution is -2.17. The number of carbonyl (C=O) groups is 2. The number of hydrogen-bond donors (Lipinski definition) is 1. The molecule has 1 N–H and O–H groups in total. The van der Waals surface area contributed by atoms with Gasteiger partial charge in [-0.05, 0) is 12.1 Å². The van der Waals surface area contributed by atoms with Gasteiger partial charge in [-0.3, -0.25) is 10.1 Å². The van der Waals surface area contributed by atoms with E-state index in [-0.39, 0.29) is 5.75 Å². The van der Waals surface area contributed by atoms with Gasteiger partial charge < -0.3 is 14.6 Å². The van der Waals surface area contributed by atoms with Crippen molar-refractivity contribution in [2.75, 3.05) is 7.11 Å². The third-order valence-electron chi connectivity index (χ3n) is 2.07. The Morgan fingerprint density at radius 2 is 2.05 bits per heavy atom. The lowest BCUT2D eigenvalue weighted by atomic mass is 10.2. The summed E-state index contributed by atoms with van der Waals surface area (Å²) in [5.74, 6) is -3.04. The van der Waals surface area contributed by atoms with E-state index in [4.69, 9.17) is 9.84 Å². The molecule has 0 fully saturated rings. The minimum absolute atomic E-state index is 0.198. The molecule has 1 aromatic rings. The van der Waals surface area contributed by atoms with Crippen LogP contribution in [0.4, 0.5) is 5.69 Å². The lowest BCUT2D eigenvalue weighted by molar-refractivity contribution is -0.385. The van der Waals surface area contributed by atoms with E-state index in [0.29, 0.717) is 0 Å². The summed E-state index contributed by atoms with van der Waals surface area (Å²) < 4.78 is 9.41. The normalized spacial score (nSPS) is 9.53. The summed E-state index contributed by atoms with van der Waals surface area (Å²) in [6.07, 6.45) is 0. The highest BCUT2D eigenvalue weighted by Crippen LogP contribution is 2.31. The molecule has 19 heavy (non-hydrogen) atoms. The monoisotopic (exact) mass is 267 g/mol. The quantitative estimate of drug-likeness (QED) is 0.162. The van der Waals surface area contributed by atoms with Crippen LogP contribution in [0.2, 0.25) is 0 Å². The topological polar surface area (TPSA) is 116 Å². The highest BCUT2D eigenvalue weighted by atomic mass is 16.6. The number of nitro groups is 1. The fourth-order valence-corrected chi connectivity index (χ4v) is 1.10. The molecule has 0 atom stereocenters. The highest BCUT2D eigenvalue weighted by molar-refractivity contribution is 6.13. The number of nitrogens with zero attached hydrogens (tertiary/aromatic N) is 1. The molecule has 8 heteroatoms. The van der Waals surface area contributed by atoms with Crippen LogP contribution in [0.1, 0.15) is 0 Å². The second-order valence-electron chi connectivity index (χ2n) is 3.26. The Kier molecular flexibility index (Phi) is 4.19. The average molecular weight is 267 g/mol. The molecule has 1 aromatic carbocycles. The summed E-state index contributed by atoms with van der Waals surface area (Å²) >= 11 is 0. The van der Waals surface area contributed by atoms with E-state index in [1.165, 1.54) is 13.2 Å². The van der Waals surface area contributed by atoms with Crippen LogP contribution in [0.15, 0.2) is 30.4 Å². The molecule has 0 aliphatic carbocycles. The smallest absolute Gasteiger partial charge is 0.350 e. The molecule has 0 bridgehead atoms. The number of carbonyl (C=O) groups excluding carboxylic acids is 1. The zero-order chi connectivity index (χ0) is 14.6. The molecule has 0 amide bonds. The van der Waals surface area contributed by atoms with Crippen LogP contribution >= 0.6 is 0 Å². The van der Waals surface area contributed by atoms with Gasteiger partial charge in [-0.1, -0.05) is 6.58 Å². The summed E-state index contributed by atoms with van der Waals surface area (Å²) in [5.41, 5.74) is -1.35. The maximum Gasteiger partial charge on any atom is 0.350 e. The number of rotatable bonds is 5. The largest absolute Gasteiger partial charge is 0.496 e. The molecular formula is C11H9NO7. The predicted molar refractivity (Wildman–Crippen MR) is 62.1 cm³/mol. The van der Waals surface area contributed by atoms with Gasteiger partial charge in [0.15, 0.2) is 0 Å². The Balaban J connectivity index is 3.07. The molecule has 0 aliphatic rings. The first-order valence-electron chi connectivity index (χ1n) is 4.83. The number of benzene rings is 1. The van der Waals surface area contributed by atoms with Crippen molar-refractivity contribution in [2.24, 2.45) is 0 Å². The first-order chi connectivity index (χ1) is 8.86. The number of nitro benzene ring substituents is 1. The maximum atomic E-state index is 11.3. The SMILES string of the molecule is C=C(C(=O)O)C(=O)Oc1ccc(OC)cc1[N+](=O)[O-]. The van der Waals surface area contributed by atoms with Crippen molar-refractivity contribution in [3.05, 3.63) is 40.5 Å². The van der Waals surface area contributed by atoms with Gasteiger partial charge >= 0.3 is 17.6 Å². The third-order valence-corrected chi connectivity index (χ3v) is 2.07. The van der Waals surface area contributed by atoms with Gasteiger partial charge in [0.05, 0.1) is 18.1 Å².